The van der Waals surface area contributed by atoms with Gasteiger partial charge in [0.15, 0.2) is 0 Å². The smallest absolute Gasteiger partial charge is 0.405 e. The molecular weight excluding hydrogens is 228 g/mol. The van der Waals surface area contributed by atoms with E-state index >= 15 is 0 Å². The predicted octanol–water partition coefficient (Wildman–Crippen LogP) is 1.10. The quantitative estimate of drug-likeness (QED) is 0.724. The largest absolute Gasteiger partial charge is 0.465 e. The second kappa shape index (κ2) is 3.84. The second-order valence-corrected chi connectivity index (χ2v) is 6.56. The van der Waals surface area contributed by atoms with E-state index < -0.39 is 12.1 Å². The summed E-state index contributed by atoms with van der Waals surface area (Å²) in [5.41, 5.74) is 0. The van der Waals surface area contributed by atoms with Crippen molar-refractivity contribution in [1.82, 2.24) is 10.2 Å². The van der Waals surface area contributed by atoms with Crippen LogP contribution >= 0.6 is 11.8 Å². The summed E-state index contributed by atoms with van der Waals surface area (Å²) in [4.78, 5) is 24.6. The average molecular weight is 244 g/mol. The van der Waals surface area contributed by atoms with Crippen LogP contribution in [0.3, 0.4) is 0 Å². The van der Waals surface area contributed by atoms with Gasteiger partial charge in [-0.3, -0.25) is 4.79 Å². The maximum absolute atomic E-state index is 12.1. The van der Waals surface area contributed by atoms with Crippen LogP contribution in [0.15, 0.2) is 0 Å². The van der Waals surface area contributed by atoms with Crippen LogP contribution in [0.2, 0.25) is 0 Å². The molecule has 0 unspecified atom stereocenters. The number of thioether (sulfide) groups is 1. The summed E-state index contributed by atoms with van der Waals surface area (Å²) in [6.07, 6.45) is 0.892. The van der Waals surface area contributed by atoms with E-state index in [1.54, 1.807) is 16.7 Å². The molecular formula is C10H16N2O3S. The van der Waals surface area contributed by atoms with Crippen molar-refractivity contribution in [3.05, 3.63) is 0 Å². The van der Waals surface area contributed by atoms with Crippen molar-refractivity contribution in [1.29, 1.82) is 0 Å². The number of amides is 2. The summed E-state index contributed by atoms with van der Waals surface area (Å²) < 4.78 is -0.374. The highest BCUT2D eigenvalue weighted by atomic mass is 32.2. The van der Waals surface area contributed by atoms with Crippen molar-refractivity contribution >= 4 is 23.8 Å². The Morgan fingerprint density at radius 1 is 1.62 bits per heavy atom. The molecule has 2 atom stereocenters. The van der Waals surface area contributed by atoms with Crippen LogP contribution in [0.1, 0.15) is 26.7 Å². The summed E-state index contributed by atoms with van der Waals surface area (Å²) in [7, 11) is 0. The summed E-state index contributed by atoms with van der Waals surface area (Å²) in [6, 6.07) is -0.635. The number of fused-ring (bicyclic) bond motifs is 1. The van der Waals surface area contributed by atoms with Gasteiger partial charge in [-0.2, -0.15) is 0 Å². The number of hydrogen-bond acceptors (Lipinski definition) is 3. The Kier molecular flexibility index (Phi) is 2.77. The van der Waals surface area contributed by atoms with Crippen LogP contribution in [0.5, 0.6) is 0 Å². The first kappa shape index (κ1) is 11.6. The monoisotopic (exact) mass is 244 g/mol. The molecule has 2 N–H and O–H groups in total. The Hall–Kier alpha value is -0.910. The molecule has 0 aromatic carbocycles. The van der Waals surface area contributed by atoms with E-state index in [-0.39, 0.29) is 16.0 Å². The molecule has 2 heterocycles. The minimum Gasteiger partial charge on any atom is -0.465 e. The van der Waals surface area contributed by atoms with Gasteiger partial charge in [-0.15, -0.1) is 11.8 Å². The summed E-state index contributed by atoms with van der Waals surface area (Å²) >= 11 is 1.69. The lowest BCUT2D eigenvalue weighted by Crippen LogP contribution is -2.62. The summed E-state index contributed by atoms with van der Waals surface area (Å²) in [6.45, 7) is 4.60. The zero-order chi connectivity index (χ0) is 11.9. The van der Waals surface area contributed by atoms with Crippen LogP contribution in [0.25, 0.3) is 0 Å². The van der Waals surface area contributed by atoms with E-state index in [0.29, 0.717) is 0 Å². The maximum Gasteiger partial charge on any atom is 0.405 e. The third-order valence-corrected chi connectivity index (χ3v) is 4.74. The zero-order valence-corrected chi connectivity index (χ0v) is 10.2. The second-order valence-electron chi connectivity index (χ2n) is 4.73. The van der Waals surface area contributed by atoms with Crippen LogP contribution in [0.4, 0.5) is 4.79 Å². The highest BCUT2D eigenvalue weighted by Gasteiger charge is 2.49. The van der Waals surface area contributed by atoms with Gasteiger partial charge in [0.05, 0.1) is 5.37 Å². The fourth-order valence-corrected chi connectivity index (χ4v) is 3.97. The van der Waals surface area contributed by atoms with E-state index in [9.17, 15) is 9.59 Å². The summed E-state index contributed by atoms with van der Waals surface area (Å²) in [5, 5.41) is 11.3. The Morgan fingerprint density at radius 2 is 2.31 bits per heavy atom. The molecule has 2 amide bonds. The lowest BCUT2D eigenvalue weighted by molar-refractivity contribution is -0.134. The molecule has 2 aliphatic heterocycles. The van der Waals surface area contributed by atoms with Gasteiger partial charge in [-0.05, 0) is 26.7 Å². The van der Waals surface area contributed by atoms with Gasteiger partial charge in [-0.25, -0.2) is 4.79 Å². The molecule has 2 saturated heterocycles. The highest BCUT2D eigenvalue weighted by Crippen LogP contribution is 2.43. The molecule has 0 bridgehead atoms. The van der Waals surface area contributed by atoms with E-state index in [1.165, 1.54) is 0 Å². The third-order valence-electron chi connectivity index (χ3n) is 3.13. The van der Waals surface area contributed by atoms with E-state index in [2.05, 4.69) is 5.32 Å². The standard InChI is InChI=1S/C10H16N2O3S/c1-10(2)7(11-9(14)15)8(13)12-5-3-4-6(12)16-10/h6-7,11H,3-5H2,1-2H3,(H,14,15)/t6-,7+/m0/s1. The summed E-state index contributed by atoms with van der Waals surface area (Å²) in [5.74, 6) is -0.0753. The number of carboxylic acid groups (broad SMARTS) is 1. The van der Waals surface area contributed by atoms with Crippen LogP contribution in [-0.2, 0) is 4.79 Å². The number of carbonyl (C=O) groups is 2. The van der Waals surface area contributed by atoms with Gasteiger partial charge < -0.3 is 15.3 Å². The lowest BCUT2D eigenvalue weighted by atomic mass is 10.0. The molecule has 2 fully saturated rings. The topological polar surface area (TPSA) is 69.6 Å². The van der Waals surface area contributed by atoms with Gasteiger partial charge in [-0.1, -0.05) is 0 Å². The molecule has 0 spiro atoms. The van der Waals surface area contributed by atoms with E-state index in [4.69, 9.17) is 5.11 Å². The minimum absolute atomic E-state index is 0.0753. The van der Waals surface area contributed by atoms with Gasteiger partial charge in [0, 0.05) is 11.3 Å². The minimum atomic E-state index is -1.13. The predicted molar refractivity (Wildman–Crippen MR) is 61.4 cm³/mol. The first-order valence-corrected chi connectivity index (χ1v) is 6.27. The van der Waals surface area contributed by atoms with Crippen molar-refractivity contribution in [3.63, 3.8) is 0 Å². The number of carbonyl (C=O) groups excluding carboxylic acids is 1. The van der Waals surface area contributed by atoms with Crippen molar-refractivity contribution in [2.24, 2.45) is 0 Å². The molecule has 16 heavy (non-hydrogen) atoms. The van der Waals surface area contributed by atoms with Gasteiger partial charge in [0.25, 0.3) is 0 Å². The van der Waals surface area contributed by atoms with Crippen LogP contribution in [-0.4, -0.2) is 44.7 Å². The van der Waals surface area contributed by atoms with Gasteiger partial charge >= 0.3 is 6.09 Å². The number of hydrogen-bond donors (Lipinski definition) is 2. The number of nitrogens with one attached hydrogen (secondary N) is 1. The molecule has 0 aliphatic carbocycles. The van der Waals surface area contributed by atoms with Crippen molar-refractivity contribution in [2.75, 3.05) is 6.54 Å². The SMILES string of the molecule is CC1(C)S[C@H]2CCCN2C(=O)[C@H]1NC(=O)O. The van der Waals surface area contributed by atoms with Gasteiger partial charge in [0.1, 0.15) is 6.04 Å². The zero-order valence-electron chi connectivity index (χ0n) is 9.40. The average Bonchev–Trinajstić information content (AvgIpc) is 2.58. The van der Waals surface area contributed by atoms with Crippen molar-refractivity contribution < 1.29 is 14.7 Å². The molecule has 6 heteroatoms. The molecule has 2 rings (SSSR count). The van der Waals surface area contributed by atoms with Crippen LogP contribution < -0.4 is 5.32 Å². The van der Waals surface area contributed by atoms with Crippen LogP contribution in [0, 0.1) is 0 Å². The number of nitrogens with zero attached hydrogens (tertiary/aromatic N) is 1. The molecule has 0 aromatic rings. The normalized spacial score (nSPS) is 32.4. The Labute approximate surface area is 98.6 Å². The first-order valence-electron chi connectivity index (χ1n) is 5.39. The molecule has 90 valence electrons. The fourth-order valence-electron chi connectivity index (χ4n) is 2.35. The van der Waals surface area contributed by atoms with E-state index in [1.807, 2.05) is 13.8 Å². The Bertz CT molecular complexity index is 332. The lowest BCUT2D eigenvalue weighted by Gasteiger charge is -2.44. The maximum atomic E-state index is 12.1. The first-order chi connectivity index (χ1) is 7.42. The fraction of sp³-hybridized carbons (Fsp3) is 0.800. The molecule has 0 aromatic heterocycles. The Balaban J connectivity index is 2.21. The Morgan fingerprint density at radius 3 is 2.94 bits per heavy atom. The number of rotatable bonds is 1. The van der Waals surface area contributed by atoms with Crippen molar-refractivity contribution in [2.45, 2.75) is 42.9 Å². The van der Waals surface area contributed by atoms with Crippen molar-refractivity contribution in [3.8, 4) is 0 Å². The molecule has 5 nitrogen and oxygen atoms in total. The highest BCUT2D eigenvalue weighted by molar-refractivity contribution is 8.01. The van der Waals surface area contributed by atoms with Gasteiger partial charge in [0.2, 0.25) is 5.91 Å². The van der Waals surface area contributed by atoms with E-state index in [0.717, 1.165) is 19.4 Å². The molecule has 0 saturated carbocycles. The third kappa shape index (κ3) is 1.86. The molecule has 2 aliphatic rings. The molecule has 0 radical (unpaired) electrons.